The van der Waals surface area contributed by atoms with Crippen LogP contribution >= 0.6 is 0 Å². The molecule has 3 aromatic rings. The van der Waals surface area contributed by atoms with E-state index in [1.54, 1.807) is 35.1 Å². The maximum absolute atomic E-state index is 12.3. The SMILES string of the molecule is NS(=O)(=O)Cc1ccc(NC(=O)c2cnn(Cc3ccccc3)c2)cc1. The highest BCUT2D eigenvalue weighted by Gasteiger charge is 2.10. The Balaban J connectivity index is 1.63. The van der Waals surface area contributed by atoms with Crippen LogP contribution in [0.4, 0.5) is 5.69 Å². The summed E-state index contributed by atoms with van der Waals surface area (Å²) in [7, 11) is -3.58. The highest BCUT2D eigenvalue weighted by molar-refractivity contribution is 7.88. The Bertz CT molecular complexity index is 996. The van der Waals surface area contributed by atoms with E-state index in [9.17, 15) is 13.2 Å². The molecule has 134 valence electrons. The van der Waals surface area contributed by atoms with E-state index in [2.05, 4.69) is 10.4 Å². The van der Waals surface area contributed by atoms with Crippen LogP contribution < -0.4 is 10.5 Å². The predicted molar refractivity (Wildman–Crippen MR) is 99.0 cm³/mol. The quantitative estimate of drug-likeness (QED) is 0.692. The van der Waals surface area contributed by atoms with E-state index in [0.717, 1.165) is 5.56 Å². The number of carbonyl (C=O) groups excluding carboxylic acids is 1. The predicted octanol–water partition coefficient (Wildman–Crippen LogP) is 1.97. The van der Waals surface area contributed by atoms with Gasteiger partial charge in [0.15, 0.2) is 0 Å². The third-order valence-electron chi connectivity index (χ3n) is 3.66. The van der Waals surface area contributed by atoms with Crippen molar-refractivity contribution in [1.29, 1.82) is 0 Å². The first-order valence-electron chi connectivity index (χ1n) is 7.86. The van der Waals surface area contributed by atoms with Crippen molar-refractivity contribution in [2.45, 2.75) is 12.3 Å². The smallest absolute Gasteiger partial charge is 0.258 e. The molecule has 26 heavy (non-hydrogen) atoms. The molecule has 0 saturated carbocycles. The zero-order valence-electron chi connectivity index (χ0n) is 13.9. The fourth-order valence-electron chi connectivity index (χ4n) is 2.46. The molecule has 1 aromatic heterocycles. The van der Waals surface area contributed by atoms with Crippen molar-refractivity contribution in [2.75, 3.05) is 5.32 Å². The monoisotopic (exact) mass is 370 g/mol. The maximum Gasteiger partial charge on any atom is 0.258 e. The lowest BCUT2D eigenvalue weighted by atomic mass is 10.2. The average molecular weight is 370 g/mol. The molecule has 8 heteroatoms. The number of hydrogen-bond donors (Lipinski definition) is 2. The first-order valence-corrected chi connectivity index (χ1v) is 9.58. The molecule has 3 N–H and O–H groups in total. The highest BCUT2D eigenvalue weighted by Crippen LogP contribution is 2.13. The zero-order chi connectivity index (χ0) is 18.6. The number of nitrogens with one attached hydrogen (secondary N) is 1. The van der Waals surface area contributed by atoms with E-state index in [-0.39, 0.29) is 11.7 Å². The van der Waals surface area contributed by atoms with Gasteiger partial charge in [-0.15, -0.1) is 0 Å². The van der Waals surface area contributed by atoms with Crippen LogP contribution in [0, 0.1) is 0 Å². The number of aromatic nitrogens is 2. The van der Waals surface area contributed by atoms with E-state index in [0.29, 0.717) is 23.4 Å². The fraction of sp³-hybridized carbons (Fsp3) is 0.111. The lowest BCUT2D eigenvalue weighted by Crippen LogP contribution is -2.14. The molecule has 0 saturated heterocycles. The fourth-order valence-corrected chi connectivity index (χ4v) is 3.11. The molecule has 3 rings (SSSR count). The second-order valence-electron chi connectivity index (χ2n) is 5.87. The minimum atomic E-state index is -3.58. The van der Waals surface area contributed by atoms with Crippen molar-refractivity contribution in [3.8, 4) is 0 Å². The van der Waals surface area contributed by atoms with Gasteiger partial charge in [-0.25, -0.2) is 13.6 Å². The summed E-state index contributed by atoms with van der Waals surface area (Å²) in [6, 6.07) is 16.3. The number of anilines is 1. The van der Waals surface area contributed by atoms with Gasteiger partial charge in [-0.05, 0) is 23.3 Å². The molecule has 0 spiro atoms. The summed E-state index contributed by atoms with van der Waals surface area (Å²) in [5, 5.41) is 12.0. The van der Waals surface area contributed by atoms with Crippen LogP contribution in [0.15, 0.2) is 67.0 Å². The van der Waals surface area contributed by atoms with Crippen LogP contribution in [0.1, 0.15) is 21.5 Å². The van der Waals surface area contributed by atoms with Gasteiger partial charge < -0.3 is 5.32 Å². The summed E-state index contributed by atoms with van der Waals surface area (Å²) >= 11 is 0. The Kier molecular flexibility index (Phi) is 5.15. The molecular formula is C18H18N4O3S. The van der Waals surface area contributed by atoms with Gasteiger partial charge in [0.25, 0.3) is 5.91 Å². The van der Waals surface area contributed by atoms with Gasteiger partial charge in [0.1, 0.15) is 0 Å². The molecule has 0 aliphatic rings. The third kappa shape index (κ3) is 5.01. The van der Waals surface area contributed by atoms with Crippen molar-refractivity contribution < 1.29 is 13.2 Å². The van der Waals surface area contributed by atoms with Crippen LogP contribution in [-0.2, 0) is 22.3 Å². The van der Waals surface area contributed by atoms with Gasteiger partial charge in [0, 0.05) is 11.9 Å². The molecule has 0 aliphatic carbocycles. The van der Waals surface area contributed by atoms with E-state index < -0.39 is 10.0 Å². The minimum Gasteiger partial charge on any atom is -0.322 e. The number of amides is 1. The van der Waals surface area contributed by atoms with Gasteiger partial charge in [0.05, 0.1) is 24.1 Å². The lowest BCUT2D eigenvalue weighted by Gasteiger charge is -2.05. The van der Waals surface area contributed by atoms with Crippen LogP contribution in [0.5, 0.6) is 0 Å². The molecule has 0 aliphatic heterocycles. The molecule has 7 nitrogen and oxygen atoms in total. The molecular weight excluding hydrogens is 352 g/mol. The Hall–Kier alpha value is -2.97. The summed E-state index contributed by atoms with van der Waals surface area (Å²) in [6.45, 7) is 0.580. The number of hydrogen-bond acceptors (Lipinski definition) is 4. The van der Waals surface area contributed by atoms with Gasteiger partial charge >= 0.3 is 0 Å². The zero-order valence-corrected chi connectivity index (χ0v) is 14.7. The molecule has 1 heterocycles. The molecule has 0 bridgehead atoms. The van der Waals surface area contributed by atoms with E-state index in [4.69, 9.17) is 5.14 Å². The number of benzene rings is 2. The van der Waals surface area contributed by atoms with Crippen molar-refractivity contribution in [1.82, 2.24) is 9.78 Å². The van der Waals surface area contributed by atoms with Gasteiger partial charge in [0.2, 0.25) is 10.0 Å². The van der Waals surface area contributed by atoms with Crippen LogP contribution in [-0.4, -0.2) is 24.1 Å². The molecule has 0 radical (unpaired) electrons. The second-order valence-corrected chi connectivity index (χ2v) is 7.48. The first-order chi connectivity index (χ1) is 12.4. The largest absolute Gasteiger partial charge is 0.322 e. The van der Waals surface area contributed by atoms with Crippen LogP contribution in [0.2, 0.25) is 0 Å². The summed E-state index contributed by atoms with van der Waals surface area (Å²) < 4.78 is 23.9. The molecule has 1 amide bonds. The average Bonchev–Trinajstić information content (AvgIpc) is 3.05. The summed E-state index contributed by atoms with van der Waals surface area (Å²) in [5.41, 5.74) is 2.65. The standard InChI is InChI=1S/C18H18N4O3S/c19-26(24,25)13-15-6-8-17(9-7-15)21-18(23)16-10-20-22(12-16)11-14-4-2-1-3-5-14/h1-10,12H,11,13H2,(H,21,23)(H2,19,24,25). The van der Waals surface area contributed by atoms with Gasteiger partial charge in [-0.2, -0.15) is 5.10 Å². The van der Waals surface area contributed by atoms with E-state index >= 15 is 0 Å². The number of primary sulfonamides is 1. The number of carbonyl (C=O) groups is 1. The molecule has 0 fully saturated rings. The lowest BCUT2D eigenvalue weighted by molar-refractivity contribution is 0.102. The first kappa shape index (κ1) is 17.8. The summed E-state index contributed by atoms with van der Waals surface area (Å²) in [4.78, 5) is 12.3. The van der Waals surface area contributed by atoms with Crippen LogP contribution in [0.25, 0.3) is 0 Å². The Morgan fingerprint density at radius 1 is 1.04 bits per heavy atom. The maximum atomic E-state index is 12.3. The Morgan fingerprint density at radius 2 is 1.73 bits per heavy atom. The molecule has 0 atom stereocenters. The highest BCUT2D eigenvalue weighted by atomic mass is 32.2. The van der Waals surface area contributed by atoms with Gasteiger partial charge in [-0.1, -0.05) is 42.5 Å². The van der Waals surface area contributed by atoms with Crippen molar-refractivity contribution in [2.24, 2.45) is 5.14 Å². The number of sulfonamides is 1. The Labute approximate surface area is 151 Å². The van der Waals surface area contributed by atoms with Crippen molar-refractivity contribution in [3.05, 3.63) is 83.7 Å². The van der Waals surface area contributed by atoms with Gasteiger partial charge in [-0.3, -0.25) is 9.48 Å². The van der Waals surface area contributed by atoms with Crippen LogP contribution in [0.3, 0.4) is 0 Å². The number of nitrogens with zero attached hydrogens (tertiary/aromatic N) is 2. The third-order valence-corrected chi connectivity index (χ3v) is 4.40. The molecule has 0 unspecified atom stereocenters. The van der Waals surface area contributed by atoms with E-state index in [1.807, 2.05) is 30.3 Å². The van der Waals surface area contributed by atoms with Crippen molar-refractivity contribution in [3.63, 3.8) is 0 Å². The summed E-state index contributed by atoms with van der Waals surface area (Å²) in [6.07, 6.45) is 3.19. The Morgan fingerprint density at radius 3 is 2.38 bits per heavy atom. The number of nitrogens with two attached hydrogens (primary N) is 1. The summed E-state index contributed by atoms with van der Waals surface area (Å²) in [5.74, 6) is -0.531. The minimum absolute atomic E-state index is 0.243. The normalized spacial score (nSPS) is 11.3. The number of rotatable bonds is 6. The van der Waals surface area contributed by atoms with Crippen molar-refractivity contribution >= 4 is 21.6 Å². The van der Waals surface area contributed by atoms with E-state index in [1.165, 1.54) is 6.20 Å². The molecule has 2 aromatic carbocycles. The second kappa shape index (κ2) is 7.51. The topological polar surface area (TPSA) is 107 Å².